The molecule has 116 valence electrons. The largest absolute Gasteiger partial charge is 0.381 e. The van der Waals surface area contributed by atoms with Crippen molar-refractivity contribution in [2.24, 2.45) is 5.41 Å². The topological polar surface area (TPSA) is 34.6 Å². The maximum atomic E-state index is 6.06. The predicted molar refractivity (Wildman–Crippen MR) is 82.0 cm³/mol. The molecule has 0 amide bonds. The van der Waals surface area contributed by atoms with Crippen molar-refractivity contribution >= 4 is 0 Å². The summed E-state index contributed by atoms with van der Waals surface area (Å²) >= 11 is 0. The van der Waals surface area contributed by atoms with Gasteiger partial charge in [-0.15, -0.1) is 0 Å². The van der Waals surface area contributed by atoms with E-state index in [1.54, 1.807) is 0 Å². The fourth-order valence-electron chi connectivity index (χ4n) is 3.78. The van der Waals surface area contributed by atoms with Crippen molar-refractivity contribution in [2.45, 2.75) is 38.8 Å². The van der Waals surface area contributed by atoms with Gasteiger partial charge in [0.15, 0.2) is 0 Å². The van der Waals surface area contributed by atoms with Crippen molar-refractivity contribution < 1.29 is 9.47 Å². The number of likely N-dealkylation sites (tertiary alicyclic amines) is 1. The van der Waals surface area contributed by atoms with E-state index in [-0.39, 0.29) is 5.41 Å². The zero-order valence-corrected chi connectivity index (χ0v) is 13.0. The lowest BCUT2D eigenvalue weighted by Gasteiger charge is -2.50. The van der Waals surface area contributed by atoms with Crippen LogP contribution in [0.1, 0.15) is 31.7 Å². The molecular formula is C17H26N2O2. The monoisotopic (exact) mass is 290 g/mol. The van der Waals surface area contributed by atoms with Crippen molar-refractivity contribution in [1.29, 1.82) is 0 Å². The van der Waals surface area contributed by atoms with E-state index in [4.69, 9.17) is 9.47 Å². The first-order chi connectivity index (χ1) is 10.3. The van der Waals surface area contributed by atoms with Gasteiger partial charge in [0.1, 0.15) is 0 Å². The molecule has 0 spiro atoms. The summed E-state index contributed by atoms with van der Waals surface area (Å²) in [5, 5.41) is 0. The summed E-state index contributed by atoms with van der Waals surface area (Å²) in [6.45, 7) is 7.82. The van der Waals surface area contributed by atoms with Gasteiger partial charge in [0.25, 0.3) is 0 Å². The molecule has 2 unspecified atom stereocenters. The van der Waals surface area contributed by atoms with E-state index in [1.165, 1.54) is 12.0 Å². The lowest BCUT2D eigenvalue weighted by Crippen LogP contribution is -2.56. The summed E-state index contributed by atoms with van der Waals surface area (Å²) in [4.78, 5) is 6.65. The van der Waals surface area contributed by atoms with Crippen LogP contribution in [0.4, 0.5) is 0 Å². The molecule has 2 aliphatic rings. The number of aromatic nitrogens is 1. The van der Waals surface area contributed by atoms with E-state index < -0.39 is 0 Å². The van der Waals surface area contributed by atoms with Gasteiger partial charge in [-0.3, -0.25) is 9.88 Å². The van der Waals surface area contributed by atoms with Gasteiger partial charge < -0.3 is 9.47 Å². The Kier molecular flexibility index (Phi) is 4.88. The van der Waals surface area contributed by atoms with E-state index in [0.717, 1.165) is 52.3 Å². The maximum Gasteiger partial charge on any atom is 0.0677 e. The van der Waals surface area contributed by atoms with Gasteiger partial charge in [-0.05, 0) is 43.9 Å². The second kappa shape index (κ2) is 6.86. The SMILES string of the molecule is CCOCC12CCCOC1CCN(Cc1ccncc1)C2. The zero-order valence-electron chi connectivity index (χ0n) is 13.0. The van der Waals surface area contributed by atoms with Crippen LogP contribution in [0.15, 0.2) is 24.5 Å². The Hall–Kier alpha value is -0.970. The summed E-state index contributed by atoms with van der Waals surface area (Å²) in [6.07, 6.45) is 7.64. The standard InChI is InChI=1S/C17H26N2O2/c1-2-20-14-17-7-3-11-21-16(17)6-10-19(13-17)12-15-4-8-18-9-5-15/h4-5,8-9,16H,2-3,6-7,10-14H2,1H3. The van der Waals surface area contributed by atoms with Crippen molar-refractivity contribution in [2.75, 3.05) is 32.9 Å². The molecule has 0 N–H and O–H groups in total. The highest BCUT2D eigenvalue weighted by Gasteiger charge is 2.45. The van der Waals surface area contributed by atoms with Crippen LogP contribution < -0.4 is 0 Å². The zero-order chi connectivity index (χ0) is 14.5. The fourth-order valence-corrected chi connectivity index (χ4v) is 3.78. The molecule has 2 atom stereocenters. The van der Waals surface area contributed by atoms with Crippen molar-refractivity contribution in [3.05, 3.63) is 30.1 Å². The Balaban J connectivity index is 1.68. The highest BCUT2D eigenvalue weighted by atomic mass is 16.5. The van der Waals surface area contributed by atoms with Crippen LogP contribution in [0.2, 0.25) is 0 Å². The molecule has 2 fully saturated rings. The van der Waals surface area contributed by atoms with Crippen molar-refractivity contribution in [1.82, 2.24) is 9.88 Å². The minimum atomic E-state index is 0.194. The highest BCUT2D eigenvalue weighted by Crippen LogP contribution is 2.40. The van der Waals surface area contributed by atoms with Gasteiger partial charge in [0, 0.05) is 50.7 Å². The number of ether oxygens (including phenoxy) is 2. The first kappa shape index (κ1) is 14.9. The Bertz CT molecular complexity index is 440. The lowest BCUT2D eigenvalue weighted by atomic mass is 9.73. The van der Waals surface area contributed by atoms with Crippen LogP contribution in [0, 0.1) is 5.41 Å². The van der Waals surface area contributed by atoms with Crippen LogP contribution in [0.3, 0.4) is 0 Å². The van der Waals surface area contributed by atoms with Crippen molar-refractivity contribution in [3.63, 3.8) is 0 Å². The normalized spacial score (nSPS) is 30.0. The van der Waals surface area contributed by atoms with E-state index >= 15 is 0 Å². The second-order valence-corrected chi connectivity index (χ2v) is 6.32. The third-order valence-corrected chi connectivity index (χ3v) is 4.82. The Morgan fingerprint density at radius 3 is 3.10 bits per heavy atom. The number of hydrogen-bond donors (Lipinski definition) is 0. The summed E-state index contributed by atoms with van der Waals surface area (Å²) in [7, 11) is 0. The molecule has 4 nitrogen and oxygen atoms in total. The molecular weight excluding hydrogens is 264 g/mol. The summed E-state index contributed by atoms with van der Waals surface area (Å²) < 4.78 is 11.9. The Labute approximate surface area is 127 Å². The minimum Gasteiger partial charge on any atom is -0.381 e. The van der Waals surface area contributed by atoms with Gasteiger partial charge in [-0.1, -0.05) is 0 Å². The van der Waals surface area contributed by atoms with E-state index in [1.807, 2.05) is 12.4 Å². The molecule has 1 aromatic rings. The molecule has 2 aliphatic heterocycles. The quantitative estimate of drug-likeness (QED) is 0.834. The Morgan fingerprint density at radius 2 is 2.29 bits per heavy atom. The average Bonchev–Trinajstić information content (AvgIpc) is 2.54. The van der Waals surface area contributed by atoms with E-state index in [9.17, 15) is 0 Å². The van der Waals surface area contributed by atoms with Gasteiger partial charge in [0.05, 0.1) is 12.7 Å². The molecule has 0 bridgehead atoms. The van der Waals surface area contributed by atoms with Crippen LogP contribution in [-0.4, -0.2) is 48.9 Å². The second-order valence-electron chi connectivity index (χ2n) is 6.32. The van der Waals surface area contributed by atoms with Crippen molar-refractivity contribution in [3.8, 4) is 0 Å². The lowest BCUT2D eigenvalue weighted by molar-refractivity contribution is -0.153. The van der Waals surface area contributed by atoms with E-state index in [2.05, 4.69) is 28.9 Å². The smallest absolute Gasteiger partial charge is 0.0677 e. The molecule has 2 saturated heterocycles. The predicted octanol–water partition coefficient (Wildman–Crippen LogP) is 2.49. The van der Waals surface area contributed by atoms with Gasteiger partial charge in [0.2, 0.25) is 0 Å². The third kappa shape index (κ3) is 3.44. The van der Waals surface area contributed by atoms with Gasteiger partial charge in [-0.2, -0.15) is 0 Å². The maximum absolute atomic E-state index is 6.06. The highest BCUT2D eigenvalue weighted by molar-refractivity contribution is 5.10. The number of nitrogens with zero attached hydrogens (tertiary/aromatic N) is 2. The molecule has 0 saturated carbocycles. The summed E-state index contributed by atoms with van der Waals surface area (Å²) in [5.41, 5.74) is 1.53. The molecule has 1 aromatic heterocycles. The molecule has 0 aromatic carbocycles. The number of fused-ring (bicyclic) bond motifs is 1. The average molecular weight is 290 g/mol. The van der Waals surface area contributed by atoms with Crippen LogP contribution >= 0.6 is 0 Å². The molecule has 4 heteroatoms. The molecule has 0 aliphatic carbocycles. The summed E-state index contributed by atoms with van der Waals surface area (Å²) in [5.74, 6) is 0. The number of rotatable bonds is 5. The van der Waals surface area contributed by atoms with Gasteiger partial charge in [-0.25, -0.2) is 0 Å². The summed E-state index contributed by atoms with van der Waals surface area (Å²) in [6, 6.07) is 4.22. The fraction of sp³-hybridized carbons (Fsp3) is 0.706. The first-order valence-corrected chi connectivity index (χ1v) is 8.13. The molecule has 21 heavy (non-hydrogen) atoms. The number of hydrogen-bond acceptors (Lipinski definition) is 4. The van der Waals surface area contributed by atoms with Crippen LogP contribution in [-0.2, 0) is 16.0 Å². The van der Waals surface area contributed by atoms with Crippen LogP contribution in [0.5, 0.6) is 0 Å². The Morgan fingerprint density at radius 1 is 1.43 bits per heavy atom. The molecule has 3 heterocycles. The van der Waals surface area contributed by atoms with Crippen LogP contribution in [0.25, 0.3) is 0 Å². The van der Waals surface area contributed by atoms with Gasteiger partial charge >= 0.3 is 0 Å². The molecule has 3 rings (SSSR count). The first-order valence-electron chi connectivity index (χ1n) is 8.13. The third-order valence-electron chi connectivity index (χ3n) is 4.82. The number of piperidine rings is 1. The van der Waals surface area contributed by atoms with E-state index in [0.29, 0.717) is 6.10 Å². The number of pyridine rings is 1. The minimum absolute atomic E-state index is 0.194. The molecule has 0 radical (unpaired) electrons.